The molecule has 3 fully saturated rings. The predicted octanol–water partition coefficient (Wildman–Crippen LogP) is 7.68. The van der Waals surface area contributed by atoms with Gasteiger partial charge < -0.3 is 5.11 Å². The van der Waals surface area contributed by atoms with Crippen LogP contribution in [-0.2, 0) is 0 Å². The van der Waals surface area contributed by atoms with Gasteiger partial charge in [-0.3, -0.25) is 0 Å². The molecule has 4 rings (SSSR count). The summed E-state index contributed by atoms with van der Waals surface area (Å²) in [6, 6.07) is -0.0250. The Bertz CT molecular complexity index is 741. The molecule has 4 aliphatic rings. The maximum Gasteiger partial charge on any atom is 0.0592 e. The van der Waals surface area contributed by atoms with Crippen LogP contribution in [0.3, 0.4) is 0 Å². The Labute approximate surface area is 189 Å². The number of azide groups is 1. The van der Waals surface area contributed by atoms with Gasteiger partial charge in [-0.15, -0.1) is 0 Å². The van der Waals surface area contributed by atoms with Crippen LogP contribution in [0, 0.1) is 46.3 Å². The van der Waals surface area contributed by atoms with Crippen molar-refractivity contribution < 1.29 is 5.11 Å². The van der Waals surface area contributed by atoms with Gasteiger partial charge in [0.2, 0.25) is 0 Å². The zero-order valence-corrected chi connectivity index (χ0v) is 20.6. The second-order valence-corrected chi connectivity index (χ2v) is 12.5. The fraction of sp³-hybridized carbons (Fsp3) is 0.926. The normalized spacial score (nSPS) is 45.2. The van der Waals surface area contributed by atoms with E-state index in [-0.39, 0.29) is 17.6 Å². The summed E-state index contributed by atoms with van der Waals surface area (Å²) in [4.78, 5) is 3.30. The second-order valence-electron chi connectivity index (χ2n) is 12.5. The van der Waals surface area contributed by atoms with Gasteiger partial charge in [-0.2, -0.15) is 0 Å². The van der Waals surface area contributed by atoms with Gasteiger partial charge in [0.15, 0.2) is 0 Å². The molecule has 0 spiro atoms. The Morgan fingerprint density at radius 1 is 1.10 bits per heavy atom. The third kappa shape index (κ3) is 3.97. The number of hydrogen-bond acceptors (Lipinski definition) is 2. The first-order chi connectivity index (χ1) is 14.7. The lowest BCUT2D eigenvalue weighted by Gasteiger charge is -2.59. The fourth-order valence-electron chi connectivity index (χ4n) is 8.82. The molecule has 4 nitrogen and oxygen atoms in total. The lowest BCUT2D eigenvalue weighted by atomic mass is 9.46. The van der Waals surface area contributed by atoms with E-state index in [9.17, 15) is 10.6 Å². The standard InChI is InChI=1S/C27H45N3O/c1-17(2)7-6-8-18(3)21-9-10-22-25-23(12-14-27(21,22)5)26(4)13-11-20(31)15-19(26)16-24(25)29-30-28/h16-18,20-25,31H,6-15H2,1-5H3/t18-,20+,21-,22+,23+,24+,25+,26+,27-/m1/s1. The molecule has 0 aliphatic heterocycles. The first-order valence-corrected chi connectivity index (χ1v) is 13.1. The Balaban J connectivity index is 1.60. The Morgan fingerprint density at radius 2 is 1.87 bits per heavy atom. The van der Waals surface area contributed by atoms with Crippen molar-refractivity contribution in [3.63, 3.8) is 0 Å². The van der Waals surface area contributed by atoms with E-state index in [1.807, 2.05) is 0 Å². The molecule has 3 saturated carbocycles. The van der Waals surface area contributed by atoms with Gasteiger partial charge in [0.1, 0.15) is 0 Å². The Hall–Kier alpha value is -0.990. The van der Waals surface area contributed by atoms with E-state index < -0.39 is 0 Å². The van der Waals surface area contributed by atoms with E-state index in [1.165, 1.54) is 50.5 Å². The Morgan fingerprint density at radius 3 is 2.58 bits per heavy atom. The monoisotopic (exact) mass is 427 g/mol. The first kappa shape index (κ1) is 23.2. The molecule has 31 heavy (non-hydrogen) atoms. The van der Waals surface area contributed by atoms with Crippen LogP contribution >= 0.6 is 0 Å². The van der Waals surface area contributed by atoms with Gasteiger partial charge in [0.25, 0.3) is 0 Å². The van der Waals surface area contributed by atoms with E-state index in [0.29, 0.717) is 23.2 Å². The minimum atomic E-state index is -0.223. The lowest BCUT2D eigenvalue weighted by molar-refractivity contribution is -0.0631. The highest BCUT2D eigenvalue weighted by Gasteiger charge is 2.61. The van der Waals surface area contributed by atoms with Crippen molar-refractivity contribution in [3.8, 4) is 0 Å². The molecule has 0 amide bonds. The van der Waals surface area contributed by atoms with Crippen LogP contribution in [-0.4, -0.2) is 17.3 Å². The average molecular weight is 428 g/mol. The summed E-state index contributed by atoms with van der Waals surface area (Å²) in [6.45, 7) is 12.2. The number of hydrogen-bond donors (Lipinski definition) is 1. The van der Waals surface area contributed by atoms with E-state index in [2.05, 4.69) is 50.7 Å². The van der Waals surface area contributed by atoms with E-state index >= 15 is 0 Å². The van der Waals surface area contributed by atoms with E-state index in [0.717, 1.165) is 37.0 Å². The summed E-state index contributed by atoms with van der Waals surface area (Å²) in [5.74, 6) is 4.15. The second kappa shape index (κ2) is 8.75. The van der Waals surface area contributed by atoms with Crippen LogP contribution in [0.1, 0.15) is 98.8 Å². The van der Waals surface area contributed by atoms with Crippen LogP contribution in [0.2, 0.25) is 0 Å². The zero-order valence-electron chi connectivity index (χ0n) is 20.6. The highest BCUT2D eigenvalue weighted by molar-refractivity contribution is 5.29. The van der Waals surface area contributed by atoms with Gasteiger partial charge in [-0.1, -0.05) is 70.6 Å². The number of rotatable bonds is 6. The van der Waals surface area contributed by atoms with Crippen molar-refractivity contribution in [1.82, 2.24) is 0 Å². The maximum absolute atomic E-state index is 10.3. The first-order valence-electron chi connectivity index (χ1n) is 13.1. The van der Waals surface area contributed by atoms with Crippen molar-refractivity contribution in [2.45, 2.75) is 111 Å². The highest BCUT2D eigenvalue weighted by atomic mass is 16.3. The van der Waals surface area contributed by atoms with Crippen molar-refractivity contribution in [2.24, 2.45) is 51.5 Å². The molecule has 4 aliphatic carbocycles. The van der Waals surface area contributed by atoms with Crippen LogP contribution in [0.5, 0.6) is 0 Å². The lowest BCUT2D eigenvalue weighted by Crippen LogP contribution is -2.54. The smallest absolute Gasteiger partial charge is 0.0592 e. The van der Waals surface area contributed by atoms with E-state index in [1.54, 1.807) is 0 Å². The minimum absolute atomic E-state index is 0.0250. The average Bonchev–Trinajstić information content (AvgIpc) is 3.06. The van der Waals surface area contributed by atoms with Crippen molar-refractivity contribution in [2.75, 3.05) is 0 Å². The van der Waals surface area contributed by atoms with Gasteiger partial charge in [-0.05, 0) is 96.8 Å². The topological polar surface area (TPSA) is 69.0 Å². The summed E-state index contributed by atoms with van der Waals surface area (Å²) in [6.07, 6.45) is 14.2. The summed E-state index contributed by atoms with van der Waals surface area (Å²) in [5.41, 5.74) is 11.3. The molecule has 0 heterocycles. The van der Waals surface area contributed by atoms with Gasteiger partial charge in [-0.25, -0.2) is 0 Å². The molecule has 4 heteroatoms. The van der Waals surface area contributed by atoms with Crippen molar-refractivity contribution in [3.05, 3.63) is 22.1 Å². The molecular formula is C27H45N3O. The van der Waals surface area contributed by atoms with Crippen molar-refractivity contribution >= 4 is 0 Å². The minimum Gasteiger partial charge on any atom is -0.393 e. The summed E-state index contributed by atoms with van der Waals surface area (Å²) in [5, 5.41) is 14.7. The number of aliphatic hydroxyl groups excluding tert-OH is 1. The molecule has 0 saturated heterocycles. The maximum atomic E-state index is 10.3. The number of aliphatic hydroxyl groups is 1. The molecule has 174 valence electrons. The number of nitrogens with zero attached hydrogens (tertiary/aromatic N) is 3. The van der Waals surface area contributed by atoms with Crippen LogP contribution in [0.15, 0.2) is 16.8 Å². The summed E-state index contributed by atoms with van der Waals surface area (Å²) >= 11 is 0. The highest BCUT2D eigenvalue weighted by Crippen LogP contribution is 2.67. The zero-order chi connectivity index (χ0) is 22.4. The molecule has 0 radical (unpaired) electrons. The molecule has 0 aromatic rings. The largest absolute Gasteiger partial charge is 0.393 e. The molecule has 0 aromatic carbocycles. The summed E-state index contributed by atoms with van der Waals surface area (Å²) < 4.78 is 0. The molecule has 0 aromatic heterocycles. The van der Waals surface area contributed by atoms with Gasteiger partial charge in [0, 0.05) is 4.91 Å². The van der Waals surface area contributed by atoms with Crippen LogP contribution < -0.4 is 0 Å². The molecule has 0 bridgehead atoms. The molecule has 1 N–H and O–H groups in total. The quantitative estimate of drug-likeness (QED) is 0.201. The van der Waals surface area contributed by atoms with Crippen LogP contribution in [0.25, 0.3) is 10.4 Å². The third-order valence-electron chi connectivity index (χ3n) is 10.5. The van der Waals surface area contributed by atoms with Crippen molar-refractivity contribution in [1.29, 1.82) is 0 Å². The predicted molar refractivity (Wildman–Crippen MR) is 127 cm³/mol. The Kier molecular flexibility index (Phi) is 6.54. The van der Waals surface area contributed by atoms with E-state index in [4.69, 9.17) is 0 Å². The number of fused-ring (bicyclic) bond motifs is 5. The SMILES string of the molecule is CC(C)CCC[C@@H](C)[C@H]1CC[C@H]2[C@@H]3[C@@H](N=[N+]=[N-])C=C4C[C@@H](O)CC[C@]4(C)[C@H]3CC[C@]12C. The fourth-order valence-corrected chi connectivity index (χ4v) is 8.82. The van der Waals surface area contributed by atoms with Gasteiger partial charge >= 0.3 is 0 Å². The molecule has 9 atom stereocenters. The molecule has 0 unspecified atom stereocenters. The molecular weight excluding hydrogens is 382 g/mol. The third-order valence-corrected chi connectivity index (χ3v) is 10.5. The van der Waals surface area contributed by atoms with Crippen LogP contribution in [0.4, 0.5) is 0 Å². The summed E-state index contributed by atoms with van der Waals surface area (Å²) in [7, 11) is 0. The van der Waals surface area contributed by atoms with Gasteiger partial charge in [0.05, 0.1) is 12.1 Å².